The van der Waals surface area contributed by atoms with Gasteiger partial charge in [-0.3, -0.25) is 4.79 Å². The molecule has 96 valence electrons. The second-order valence-corrected chi connectivity index (χ2v) is 3.63. The molecule has 1 aromatic heterocycles. The summed E-state index contributed by atoms with van der Waals surface area (Å²) in [7, 11) is 0. The van der Waals surface area contributed by atoms with Gasteiger partial charge in [0.25, 0.3) is 6.43 Å². The van der Waals surface area contributed by atoms with E-state index in [4.69, 9.17) is 16.9 Å². The van der Waals surface area contributed by atoms with Gasteiger partial charge in [-0.2, -0.15) is 5.26 Å². The van der Waals surface area contributed by atoms with Crippen LogP contribution < -0.4 is 0 Å². The number of rotatable bonds is 4. The van der Waals surface area contributed by atoms with Gasteiger partial charge >= 0.3 is 5.97 Å². The van der Waals surface area contributed by atoms with Crippen molar-refractivity contribution in [2.45, 2.75) is 19.8 Å². The van der Waals surface area contributed by atoms with Gasteiger partial charge in [0, 0.05) is 0 Å². The Bertz CT molecular complexity index is 501. The van der Waals surface area contributed by atoms with Crippen molar-refractivity contribution < 1.29 is 18.3 Å². The van der Waals surface area contributed by atoms with Gasteiger partial charge in [-0.1, -0.05) is 11.6 Å². The number of ether oxygens (including phenoxy) is 1. The van der Waals surface area contributed by atoms with E-state index in [-0.39, 0.29) is 23.0 Å². The van der Waals surface area contributed by atoms with Crippen LogP contribution in [0.4, 0.5) is 8.78 Å². The lowest BCUT2D eigenvalue weighted by Gasteiger charge is -2.09. The van der Waals surface area contributed by atoms with E-state index < -0.39 is 24.4 Å². The molecule has 18 heavy (non-hydrogen) atoms. The lowest BCUT2D eigenvalue weighted by Crippen LogP contribution is -2.12. The highest BCUT2D eigenvalue weighted by Crippen LogP contribution is 2.28. The molecule has 0 aromatic carbocycles. The quantitative estimate of drug-likeness (QED) is 0.625. The molecule has 1 heterocycles. The molecule has 0 N–H and O–H groups in total. The van der Waals surface area contributed by atoms with Crippen molar-refractivity contribution in [2.24, 2.45) is 0 Å². The van der Waals surface area contributed by atoms with E-state index in [0.29, 0.717) is 0 Å². The molecule has 4 nitrogen and oxygen atoms in total. The van der Waals surface area contributed by atoms with Crippen molar-refractivity contribution in [3.63, 3.8) is 0 Å². The molecule has 0 unspecified atom stereocenters. The van der Waals surface area contributed by atoms with E-state index in [2.05, 4.69) is 9.72 Å². The van der Waals surface area contributed by atoms with Gasteiger partial charge in [0.1, 0.15) is 5.15 Å². The number of nitriles is 1. The van der Waals surface area contributed by atoms with Crippen LogP contribution in [0.25, 0.3) is 0 Å². The molecule has 0 fully saturated rings. The standard InChI is InChI=1S/C11H9ClF2N2O2/c1-2-18-9(17)4-7-10(11(13)14)6(5-15)3-8(12)16-7/h3,11H,2,4H2,1H3. The average Bonchev–Trinajstić information content (AvgIpc) is 2.27. The first-order valence-electron chi connectivity index (χ1n) is 5.02. The summed E-state index contributed by atoms with van der Waals surface area (Å²) in [5.74, 6) is -0.696. The Morgan fingerprint density at radius 1 is 1.67 bits per heavy atom. The SMILES string of the molecule is CCOC(=O)Cc1nc(Cl)cc(C#N)c1C(F)F. The Hall–Kier alpha value is -1.74. The predicted molar refractivity (Wildman–Crippen MR) is 59.3 cm³/mol. The van der Waals surface area contributed by atoms with Crippen molar-refractivity contribution in [3.8, 4) is 6.07 Å². The van der Waals surface area contributed by atoms with Gasteiger partial charge in [0.2, 0.25) is 0 Å². The monoisotopic (exact) mass is 274 g/mol. The number of alkyl halides is 2. The fourth-order valence-corrected chi connectivity index (χ4v) is 1.60. The van der Waals surface area contributed by atoms with Gasteiger partial charge in [-0.05, 0) is 13.0 Å². The maximum absolute atomic E-state index is 12.9. The van der Waals surface area contributed by atoms with E-state index in [0.717, 1.165) is 6.07 Å². The molecule has 0 amide bonds. The highest BCUT2D eigenvalue weighted by atomic mass is 35.5. The molecular weight excluding hydrogens is 266 g/mol. The highest BCUT2D eigenvalue weighted by Gasteiger charge is 2.22. The summed E-state index contributed by atoms with van der Waals surface area (Å²) in [4.78, 5) is 14.9. The molecule has 0 aliphatic heterocycles. The largest absolute Gasteiger partial charge is 0.466 e. The van der Waals surface area contributed by atoms with E-state index in [9.17, 15) is 13.6 Å². The van der Waals surface area contributed by atoms with E-state index in [1.165, 1.54) is 0 Å². The normalized spacial score (nSPS) is 10.2. The Balaban J connectivity index is 3.20. The summed E-state index contributed by atoms with van der Waals surface area (Å²) in [6.45, 7) is 1.73. The van der Waals surface area contributed by atoms with Crippen LogP contribution in [0.5, 0.6) is 0 Å². The third-order valence-corrected chi connectivity index (χ3v) is 2.26. The fraction of sp³-hybridized carbons (Fsp3) is 0.364. The molecule has 7 heteroatoms. The maximum atomic E-state index is 12.9. The second kappa shape index (κ2) is 6.26. The van der Waals surface area contributed by atoms with Crippen LogP contribution >= 0.6 is 11.6 Å². The number of hydrogen-bond acceptors (Lipinski definition) is 4. The summed E-state index contributed by atoms with van der Waals surface area (Å²) in [5.41, 5.74) is -1.09. The first-order valence-corrected chi connectivity index (χ1v) is 5.40. The Kier molecular flexibility index (Phi) is 4.98. The number of halogens is 3. The Morgan fingerprint density at radius 3 is 2.83 bits per heavy atom. The zero-order valence-corrected chi connectivity index (χ0v) is 10.2. The van der Waals surface area contributed by atoms with Gasteiger partial charge in [0.15, 0.2) is 0 Å². The average molecular weight is 275 g/mol. The first-order chi connectivity index (χ1) is 8.49. The molecular formula is C11H9ClF2N2O2. The lowest BCUT2D eigenvalue weighted by molar-refractivity contribution is -0.142. The molecule has 0 bridgehead atoms. The summed E-state index contributed by atoms with van der Waals surface area (Å²) < 4.78 is 30.4. The highest BCUT2D eigenvalue weighted by molar-refractivity contribution is 6.29. The molecule has 0 spiro atoms. The van der Waals surface area contributed by atoms with Crippen LogP contribution in [0, 0.1) is 11.3 Å². The van der Waals surface area contributed by atoms with E-state index in [1.54, 1.807) is 13.0 Å². The summed E-state index contributed by atoms with van der Waals surface area (Å²) in [5, 5.41) is 8.65. The van der Waals surface area contributed by atoms with E-state index in [1.807, 2.05) is 0 Å². The van der Waals surface area contributed by atoms with E-state index >= 15 is 0 Å². The molecule has 0 aliphatic carbocycles. The number of nitrogens with zero attached hydrogens (tertiary/aromatic N) is 2. The summed E-state index contributed by atoms with van der Waals surface area (Å²) in [6, 6.07) is 2.65. The van der Waals surface area contributed by atoms with Gasteiger partial charge in [-0.15, -0.1) is 0 Å². The van der Waals surface area contributed by atoms with Gasteiger partial charge in [-0.25, -0.2) is 13.8 Å². The zero-order valence-electron chi connectivity index (χ0n) is 9.41. The molecule has 0 atom stereocenters. The first kappa shape index (κ1) is 14.3. The lowest BCUT2D eigenvalue weighted by atomic mass is 10.1. The van der Waals surface area contributed by atoms with Crippen molar-refractivity contribution in [1.82, 2.24) is 4.98 Å². The van der Waals surface area contributed by atoms with Crippen LogP contribution in [0.2, 0.25) is 5.15 Å². The van der Waals surface area contributed by atoms with Crippen LogP contribution in [0.3, 0.4) is 0 Å². The molecule has 1 aromatic rings. The number of carbonyl (C=O) groups is 1. The number of aromatic nitrogens is 1. The minimum absolute atomic E-state index is 0.116. The van der Waals surface area contributed by atoms with Gasteiger partial charge in [0.05, 0.1) is 35.9 Å². The number of pyridine rings is 1. The van der Waals surface area contributed by atoms with Crippen LogP contribution in [0.15, 0.2) is 6.07 Å². The Morgan fingerprint density at radius 2 is 2.33 bits per heavy atom. The second-order valence-electron chi connectivity index (χ2n) is 3.25. The maximum Gasteiger partial charge on any atom is 0.311 e. The number of esters is 1. The zero-order chi connectivity index (χ0) is 13.7. The minimum Gasteiger partial charge on any atom is -0.466 e. The van der Waals surface area contributed by atoms with Crippen molar-refractivity contribution in [2.75, 3.05) is 6.61 Å². The molecule has 0 saturated carbocycles. The fourth-order valence-electron chi connectivity index (χ4n) is 1.39. The van der Waals surface area contributed by atoms with Gasteiger partial charge < -0.3 is 4.74 Å². The molecule has 0 radical (unpaired) electrons. The third kappa shape index (κ3) is 3.37. The van der Waals surface area contributed by atoms with Crippen LogP contribution in [0.1, 0.15) is 30.2 Å². The topological polar surface area (TPSA) is 63.0 Å². The predicted octanol–water partition coefficient (Wildman–Crippen LogP) is 2.65. The van der Waals surface area contributed by atoms with Crippen LogP contribution in [-0.2, 0) is 16.0 Å². The number of carbonyl (C=O) groups excluding carboxylic acids is 1. The van der Waals surface area contributed by atoms with Crippen molar-refractivity contribution in [1.29, 1.82) is 5.26 Å². The van der Waals surface area contributed by atoms with Crippen LogP contribution in [-0.4, -0.2) is 17.6 Å². The smallest absolute Gasteiger partial charge is 0.311 e. The third-order valence-electron chi connectivity index (χ3n) is 2.06. The minimum atomic E-state index is -2.91. The molecule has 0 aliphatic rings. The summed E-state index contributed by atoms with van der Waals surface area (Å²) in [6.07, 6.45) is -3.35. The molecule has 0 saturated heterocycles. The number of hydrogen-bond donors (Lipinski definition) is 0. The summed E-state index contributed by atoms with van der Waals surface area (Å²) >= 11 is 5.61. The Labute approximate surface area is 107 Å². The molecule has 1 rings (SSSR count). The van der Waals surface area contributed by atoms with Crippen molar-refractivity contribution >= 4 is 17.6 Å². The van der Waals surface area contributed by atoms with Crippen molar-refractivity contribution in [3.05, 3.63) is 28.0 Å².